The summed E-state index contributed by atoms with van der Waals surface area (Å²) in [5.41, 5.74) is 8.45. The lowest BCUT2D eigenvalue weighted by molar-refractivity contribution is 0.628. The van der Waals surface area contributed by atoms with Crippen molar-refractivity contribution in [3.63, 3.8) is 0 Å². The van der Waals surface area contributed by atoms with Gasteiger partial charge in [-0.2, -0.15) is 0 Å². The second-order valence-electron chi connectivity index (χ2n) is 3.51. The third-order valence-corrected chi connectivity index (χ3v) is 2.32. The van der Waals surface area contributed by atoms with Crippen LogP contribution in [-0.2, 0) is 0 Å². The molecule has 1 nitrogen and oxygen atoms in total. The fourth-order valence-electron chi connectivity index (χ4n) is 1.42. The van der Waals surface area contributed by atoms with Crippen molar-refractivity contribution in [1.29, 1.82) is 0 Å². The smallest absolute Gasteiger partial charge is 0.123 e. The van der Waals surface area contributed by atoms with Gasteiger partial charge in [0, 0.05) is 5.69 Å². The number of rotatable bonds is 2. The first kappa shape index (κ1) is 10.4. The maximum Gasteiger partial charge on any atom is 0.123 e. The molecule has 0 atom stereocenters. The monoisotopic (exact) mass is 213 g/mol. The maximum absolute atomic E-state index is 12.7. The molecular weight excluding hydrogens is 201 g/mol. The van der Waals surface area contributed by atoms with Crippen molar-refractivity contribution >= 4 is 17.8 Å². The zero-order valence-electron chi connectivity index (χ0n) is 8.73. The van der Waals surface area contributed by atoms with Crippen LogP contribution < -0.4 is 5.73 Å². The normalized spacial score (nSPS) is 10.8. The molecule has 2 aromatic carbocycles. The lowest BCUT2D eigenvalue weighted by atomic mass is 10.1. The van der Waals surface area contributed by atoms with E-state index in [9.17, 15) is 4.39 Å². The summed E-state index contributed by atoms with van der Waals surface area (Å²) in [4.78, 5) is 0. The molecule has 0 aliphatic heterocycles. The Balaban J connectivity index is 2.21. The molecule has 80 valence electrons. The highest BCUT2D eigenvalue weighted by molar-refractivity contribution is 5.75. The highest BCUT2D eigenvalue weighted by atomic mass is 19.1. The largest absolute Gasteiger partial charge is 0.398 e. The number of benzene rings is 2. The summed E-state index contributed by atoms with van der Waals surface area (Å²) in [5.74, 6) is -0.226. The van der Waals surface area contributed by atoms with Crippen LogP contribution in [0.1, 0.15) is 11.1 Å². The van der Waals surface area contributed by atoms with Crippen LogP contribution in [0.4, 0.5) is 10.1 Å². The van der Waals surface area contributed by atoms with E-state index in [4.69, 9.17) is 5.73 Å². The Bertz CT molecular complexity index is 500. The first-order valence-electron chi connectivity index (χ1n) is 5.04. The summed E-state index contributed by atoms with van der Waals surface area (Å²) in [7, 11) is 0. The number of halogens is 1. The average Bonchev–Trinajstić information content (AvgIpc) is 2.30. The minimum atomic E-state index is -0.226. The van der Waals surface area contributed by atoms with E-state index in [0.29, 0.717) is 0 Å². The molecule has 0 fully saturated rings. The predicted molar refractivity (Wildman–Crippen MR) is 66.2 cm³/mol. The summed E-state index contributed by atoms with van der Waals surface area (Å²) < 4.78 is 12.7. The number of nitrogens with two attached hydrogens (primary N) is 1. The van der Waals surface area contributed by atoms with E-state index in [1.165, 1.54) is 12.1 Å². The topological polar surface area (TPSA) is 26.0 Å². The van der Waals surface area contributed by atoms with Gasteiger partial charge in [-0.05, 0) is 29.3 Å². The van der Waals surface area contributed by atoms with Gasteiger partial charge in [0.1, 0.15) is 5.82 Å². The van der Waals surface area contributed by atoms with E-state index in [0.717, 1.165) is 16.8 Å². The second-order valence-corrected chi connectivity index (χ2v) is 3.51. The molecule has 0 amide bonds. The highest BCUT2D eigenvalue weighted by Gasteiger charge is 1.92. The van der Waals surface area contributed by atoms with Gasteiger partial charge in [0.25, 0.3) is 0 Å². The van der Waals surface area contributed by atoms with Crippen LogP contribution in [0.15, 0.2) is 48.5 Å². The van der Waals surface area contributed by atoms with Crippen LogP contribution >= 0.6 is 0 Å². The van der Waals surface area contributed by atoms with Crippen LogP contribution in [0.5, 0.6) is 0 Å². The standard InChI is InChI=1S/C14H12FN/c15-13-9-6-11(7-10-13)5-8-12-3-1-2-4-14(12)16/h1-10H,16H2/b8-5+. The molecule has 2 aromatic rings. The lowest BCUT2D eigenvalue weighted by Crippen LogP contribution is -1.87. The molecule has 0 aliphatic carbocycles. The van der Waals surface area contributed by atoms with E-state index in [2.05, 4.69) is 0 Å². The molecule has 2 heteroatoms. The third kappa shape index (κ3) is 2.48. The second kappa shape index (κ2) is 4.62. The van der Waals surface area contributed by atoms with Crippen molar-refractivity contribution in [2.24, 2.45) is 0 Å². The summed E-state index contributed by atoms with van der Waals surface area (Å²) in [6, 6.07) is 13.9. The van der Waals surface area contributed by atoms with Crippen LogP contribution in [-0.4, -0.2) is 0 Å². The molecule has 16 heavy (non-hydrogen) atoms. The minimum Gasteiger partial charge on any atom is -0.398 e. The van der Waals surface area contributed by atoms with Gasteiger partial charge in [0.05, 0.1) is 0 Å². The van der Waals surface area contributed by atoms with E-state index in [1.807, 2.05) is 36.4 Å². The molecule has 2 N–H and O–H groups in total. The Kier molecular flexibility index (Phi) is 3.01. The van der Waals surface area contributed by atoms with E-state index in [-0.39, 0.29) is 5.82 Å². The molecule has 0 aromatic heterocycles. The molecular formula is C14H12FN. The third-order valence-electron chi connectivity index (χ3n) is 2.32. The quantitative estimate of drug-likeness (QED) is 0.599. The van der Waals surface area contributed by atoms with Crippen molar-refractivity contribution in [3.8, 4) is 0 Å². The number of nitrogen functional groups attached to an aromatic ring is 1. The van der Waals surface area contributed by atoms with Gasteiger partial charge in [0.2, 0.25) is 0 Å². The summed E-state index contributed by atoms with van der Waals surface area (Å²) in [6.45, 7) is 0. The Labute approximate surface area is 94.0 Å². The van der Waals surface area contributed by atoms with E-state index >= 15 is 0 Å². The van der Waals surface area contributed by atoms with Crippen LogP contribution in [0, 0.1) is 5.82 Å². The Hall–Kier alpha value is -2.09. The molecule has 0 heterocycles. The molecule has 0 spiro atoms. The van der Waals surface area contributed by atoms with Gasteiger partial charge < -0.3 is 5.73 Å². The Morgan fingerprint density at radius 1 is 0.875 bits per heavy atom. The van der Waals surface area contributed by atoms with Crippen LogP contribution in [0.2, 0.25) is 0 Å². The van der Waals surface area contributed by atoms with Gasteiger partial charge in [-0.3, -0.25) is 0 Å². The van der Waals surface area contributed by atoms with E-state index < -0.39 is 0 Å². The van der Waals surface area contributed by atoms with Crippen molar-refractivity contribution in [3.05, 3.63) is 65.5 Å². The minimum absolute atomic E-state index is 0.226. The summed E-state index contributed by atoms with van der Waals surface area (Å²) in [5, 5.41) is 0. The highest BCUT2D eigenvalue weighted by Crippen LogP contribution is 2.14. The summed E-state index contributed by atoms with van der Waals surface area (Å²) in [6.07, 6.45) is 3.83. The Morgan fingerprint density at radius 2 is 1.56 bits per heavy atom. The molecule has 0 aliphatic rings. The SMILES string of the molecule is Nc1ccccc1/C=C/c1ccc(F)cc1. The first-order valence-corrected chi connectivity index (χ1v) is 5.04. The fraction of sp³-hybridized carbons (Fsp3) is 0. The Morgan fingerprint density at radius 3 is 2.25 bits per heavy atom. The summed E-state index contributed by atoms with van der Waals surface area (Å²) >= 11 is 0. The molecule has 0 unspecified atom stereocenters. The van der Waals surface area contributed by atoms with Crippen LogP contribution in [0.3, 0.4) is 0 Å². The van der Waals surface area contributed by atoms with Crippen molar-refractivity contribution < 1.29 is 4.39 Å². The van der Waals surface area contributed by atoms with E-state index in [1.54, 1.807) is 12.1 Å². The van der Waals surface area contributed by atoms with Gasteiger partial charge in [-0.25, -0.2) is 4.39 Å². The van der Waals surface area contributed by atoms with Gasteiger partial charge in [0.15, 0.2) is 0 Å². The molecule has 0 saturated heterocycles. The van der Waals surface area contributed by atoms with Crippen molar-refractivity contribution in [1.82, 2.24) is 0 Å². The van der Waals surface area contributed by atoms with Gasteiger partial charge in [-0.1, -0.05) is 42.5 Å². The fourth-order valence-corrected chi connectivity index (χ4v) is 1.42. The number of hydrogen-bond acceptors (Lipinski definition) is 1. The predicted octanol–water partition coefficient (Wildman–Crippen LogP) is 3.58. The lowest BCUT2D eigenvalue weighted by Gasteiger charge is -1.98. The molecule has 2 rings (SSSR count). The maximum atomic E-state index is 12.7. The van der Waals surface area contributed by atoms with Crippen molar-refractivity contribution in [2.75, 3.05) is 5.73 Å². The van der Waals surface area contributed by atoms with Crippen molar-refractivity contribution in [2.45, 2.75) is 0 Å². The average molecular weight is 213 g/mol. The first-order chi connectivity index (χ1) is 7.75. The van der Waals surface area contributed by atoms with Gasteiger partial charge >= 0.3 is 0 Å². The molecule has 0 saturated carbocycles. The zero-order valence-corrected chi connectivity index (χ0v) is 8.73. The molecule has 0 bridgehead atoms. The van der Waals surface area contributed by atoms with Gasteiger partial charge in [-0.15, -0.1) is 0 Å². The zero-order chi connectivity index (χ0) is 11.4. The number of anilines is 1. The number of hydrogen-bond donors (Lipinski definition) is 1. The molecule has 0 radical (unpaired) electrons. The van der Waals surface area contributed by atoms with Crippen LogP contribution in [0.25, 0.3) is 12.2 Å². The number of para-hydroxylation sites is 1.